The van der Waals surface area contributed by atoms with Crippen molar-refractivity contribution in [1.29, 1.82) is 0 Å². The number of hydrogen-bond acceptors (Lipinski definition) is 4. The van der Waals surface area contributed by atoms with Crippen LogP contribution in [0.25, 0.3) is 17.0 Å². The largest absolute Gasteiger partial charge is 0.573 e. The Morgan fingerprint density at radius 2 is 2.00 bits per heavy atom. The molecule has 0 aliphatic carbocycles. The Morgan fingerprint density at radius 1 is 1.18 bits per heavy atom. The lowest BCUT2D eigenvalue weighted by Gasteiger charge is -2.27. The molecule has 4 aromatic rings. The number of carbonyl (C=O) groups is 1. The summed E-state index contributed by atoms with van der Waals surface area (Å²) in [6.07, 6.45) is 0.890. The number of halogens is 6. The van der Waals surface area contributed by atoms with E-state index >= 15 is 0 Å². The number of ether oxygens (including phenoxy) is 1. The highest BCUT2D eigenvalue weighted by molar-refractivity contribution is 9.10. The first-order valence-electron chi connectivity index (χ1n) is 12.2. The Kier molecular flexibility index (Phi) is 8.16. The van der Waals surface area contributed by atoms with Crippen LogP contribution in [0.15, 0.2) is 65.3 Å². The van der Waals surface area contributed by atoms with Crippen LogP contribution in [-0.4, -0.2) is 39.9 Å². The number of carbonyl (C=O) groups excluding carboxylic acids is 1. The molecule has 5 rings (SSSR count). The van der Waals surface area contributed by atoms with E-state index in [1.807, 2.05) is 6.08 Å². The van der Waals surface area contributed by atoms with Gasteiger partial charge in [0.15, 0.2) is 0 Å². The van der Waals surface area contributed by atoms with Crippen LogP contribution in [-0.2, 0) is 19.5 Å². The van der Waals surface area contributed by atoms with Gasteiger partial charge >= 0.3 is 12.4 Å². The van der Waals surface area contributed by atoms with Gasteiger partial charge in [-0.15, -0.1) is 13.2 Å². The molecule has 2 aromatic heterocycles. The molecule has 40 heavy (non-hydrogen) atoms. The SMILES string of the molecule is O=C(NCc1ccnc(Cl)c1)n1c2c(c3cc(OC(F)(F)F)ccc31)CN(CC=Cc1cc(F)cc(Br)c1)CC2. The molecule has 0 saturated heterocycles. The number of hydrogen-bond donors (Lipinski definition) is 1. The summed E-state index contributed by atoms with van der Waals surface area (Å²) in [4.78, 5) is 19.4. The van der Waals surface area contributed by atoms with Crippen molar-refractivity contribution >= 4 is 50.5 Å². The zero-order valence-corrected chi connectivity index (χ0v) is 23.2. The van der Waals surface area contributed by atoms with Crippen molar-refractivity contribution in [2.24, 2.45) is 0 Å². The summed E-state index contributed by atoms with van der Waals surface area (Å²) < 4.78 is 58.8. The van der Waals surface area contributed by atoms with Gasteiger partial charge in [-0.3, -0.25) is 9.47 Å². The molecule has 3 heterocycles. The molecular formula is C28H22BrClF4N4O2. The van der Waals surface area contributed by atoms with Crippen LogP contribution >= 0.6 is 27.5 Å². The van der Waals surface area contributed by atoms with Gasteiger partial charge in [-0.2, -0.15) is 0 Å². The minimum atomic E-state index is -4.85. The van der Waals surface area contributed by atoms with Crippen LogP contribution in [0.1, 0.15) is 22.4 Å². The van der Waals surface area contributed by atoms with Gasteiger partial charge in [0.05, 0.1) is 5.52 Å². The summed E-state index contributed by atoms with van der Waals surface area (Å²) in [6, 6.07) is 11.5. The van der Waals surface area contributed by atoms with Gasteiger partial charge in [0.25, 0.3) is 0 Å². The zero-order valence-electron chi connectivity index (χ0n) is 20.8. The molecule has 1 N–H and O–H groups in total. The second-order valence-corrected chi connectivity index (χ2v) is 10.5. The first-order chi connectivity index (χ1) is 19.1. The second-order valence-electron chi connectivity index (χ2n) is 9.22. The average molecular weight is 638 g/mol. The zero-order chi connectivity index (χ0) is 28.4. The molecule has 2 aromatic carbocycles. The van der Waals surface area contributed by atoms with E-state index in [9.17, 15) is 22.4 Å². The lowest BCUT2D eigenvalue weighted by Crippen LogP contribution is -2.34. The Labute approximate surface area is 240 Å². The number of benzene rings is 2. The first kappa shape index (κ1) is 28.1. The summed E-state index contributed by atoms with van der Waals surface area (Å²) in [5.74, 6) is -0.716. The van der Waals surface area contributed by atoms with Crippen molar-refractivity contribution in [2.75, 3.05) is 13.1 Å². The van der Waals surface area contributed by atoms with Gasteiger partial charge in [-0.1, -0.05) is 39.7 Å². The highest BCUT2D eigenvalue weighted by Gasteiger charge is 2.32. The van der Waals surface area contributed by atoms with E-state index in [0.29, 0.717) is 52.1 Å². The number of rotatable bonds is 6. The Morgan fingerprint density at radius 3 is 2.75 bits per heavy atom. The van der Waals surface area contributed by atoms with E-state index in [1.54, 1.807) is 24.3 Å². The van der Waals surface area contributed by atoms with Crippen LogP contribution in [0.2, 0.25) is 5.15 Å². The van der Waals surface area contributed by atoms with E-state index in [1.165, 1.54) is 41.1 Å². The van der Waals surface area contributed by atoms with Crippen molar-refractivity contribution in [3.05, 3.63) is 98.6 Å². The number of nitrogens with zero attached hydrogens (tertiary/aromatic N) is 3. The molecule has 0 spiro atoms. The number of alkyl halides is 3. The number of nitrogens with one attached hydrogen (secondary N) is 1. The van der Waals surface area contributed by atoms with E-state index in [4.69, 9.17) is 11.6 Å². The molecule has 1 aliphatic heterocycles. The maximum absolute atomic E-state index is 13.7. The van der Waals surface area contributed by atoms with Crippen LogP contribution in [0.5, 0.6) is 5.75 Å². The lowest BCUT2D eigenvalue weighted by atomic mass is 10.0. The molecule has 0 atom stereocenters. The highest BCUT2D eigenvalue weighted by atomic mass is 79.9. The predicted molar refractivity (Wildman–Crippen MR) is 148 cm³/mol. The van der Waals surface area contributed by atoms with Gasteiger partial charge < -0.3 is 10.1 Å². The molecule has 1 aliphatic rings. The maximum atomic E-state index is 13.7. The minimum Gasteiger partial charge on any atom is -0.406 e. The molecule has 1 amide bonds. The quantitative estimate of drug-likeness (QED) is 0.178. The smallest absolute Gasteiger partial charge is 0.406 e. The molecule has 12 heteroatoms. The lowest BCUT2D eigenvalue weighted by molar-refractivity contribution is -0.274. The second kappa shape index (κ2) is 11.6. The van der Waals surface area contributed by atoms with E-state index < -0.39 is 12.4 Å². The van der Waals surface area contributed by atoms with E-state index in [2.05, 4.69) is 35.9 Å². The summed E-state index contributed by atoms with van der Waals surface area (Å²) >= 11 is 9.22. The maximum Gasteiger partial charge on any atom is 0.573 e. The number of fused-ring (bicyclic) bond motifs is 3. The highest BCUT2D eigenvalue weighted by Crippen LogP contribution is 2.35. The third-order valence-corrected chi connectivity index (χ3v) is 7.09. The van der Waals surface area contributed by atoms with Crippen LogP contribution in [0, 0.1) is 5.82 Å². The van der Waals surface area contributed by atoms with Crippen molar-refractivity contribution in [2.45, 2.75) is 25.9 Å². The fraction of sp³-hybridized carbons (Fsp3) is 0.214. The van der Waals surface area contributed by atoms with Crippen LogP contribution < -0.4 is 10.1 Å². The van der Waals surface area contributed by atoms with Gasteiger partial charge in [0.1, 0.15) is 16.7 Å². The van der Waals surface area contributed by atoms with Gasteiger partial charge in [-0.05, 0) is 65.2 Å². The summed E-state index contributed by atoms with van der Waals surface area (Å²) in [5.41, 5.74) is 3.40. The van der Waals surface area contributed by atoms with Crippen molar-refractivity contribution in [3.63, 3.8) is 0 Å². The van der Waals surface area contributed by atoms with Gasteiger partial charge in [-0.25, -0.2) is 14.2 Å². The summed E-state index contributed by atoms with van der Waals surface area (Å²) in [5, 5.41) is 3.66. The van der Waals surface area contributed by atoms with Crippen molar-refractivity contribution in [3.8, 4) is 5.75 Å². The van der Waals surface area contributed by atoms with Crippen LogP contribution in [0.3, 0.4) is 0 Å². The van der Waals surface area contributed by atoms with Crippen molar-refractivity contribution < 1.29 is 27.1 Å². The standard InChI is InChI=1S/C28H22BrClF4N4O2/c29-19-10-17(11-20(31)13-19)2-1-8-37-9-6-25-23(16-37)22-14-21(40-28(32,33)34)3-4-24(22)38(25)27(39)36-15-18-5-7-35-26(30)12-18/h1-5,7,10-14H,6,8-9,15-16H2,(H,36,39). The topological polar surface area (TPSA) is 59.4 Å². The molecule has 0 radical (unpaired) electrons. The number of amides is 1. The van der Waals surface area contributed by atoms with Gasteiger partial charge in [0, 0.05) is 54.3 Å². The van der Waals surface area contributed by atoms with Crippen LogP contribution in [0.4, 0.5) is 22.4 Å². The average Bonchev–Trinajstić information content (AvgIpc) is 3.19. The molecule has 0 fully saturated rings. The third-order valence-electron chi connectivity index (χ3n) is 6.43. The number of aromatic nitrogens is 2. The third kappa shape index (κ3) is 6.65. The molecule has 0 bridgehead atoms. The summed E-state index contributed by atoms with van der Waals surface area (Å²) in [7, 11) is 0. The Hall–Kier alpha value is -3.41. The van der Waals surface area contributed by atoms with Gasteiger partial charge in [0.2, 0.25) is 0 Å². The monoisotopic (exact) mass is 636 g/mol. The molecule has 208 valence electrons. The van der Waals surface area contributed by atoms with Crippen molar-refractivity contribution in [1.82, 2.24) is 19.8 Å². The fourth-order valence-corrected chi connectivity index (χ4v) is 5.48. The fourth-order valence-electron chi connectivity index (χ4n) is 4.80. The first-order valence-corrected chi connectivity index (χ1v) is 13.4. The minimum absolute atomic E-state index is 0.192. The molecule has 6 nitrogen and oxygen atoms in total. The number of pyridine rings is 1. The molecular weight excluding hydrogens is 616 g/mol. The Balaban J connectivity index is 1.42. The summed E-state index contributed by atoms with van der Waals surface area (Å²) in [6.45, 7) is 1.73. The molecule has 0 unspecified atom stereocenters. The molecule has 0 saturated carbocycles. The van der Waals surface area contributed by atoms with E-state index in [0.717, 1.165) is 16.8 Å². The predicted octanol–water partition coefficient (Wildman–Crippen LogP) is 7.32. The Bertz CT molecular complexity index is 1590. The normalized spacial score (nSPS) is 14.1. The van der Waals surface area contributed by atoms with E-state index in [-0.39, 0.29) is 18.1 Å².